The fraction of sp³-hybridized carbons (Fsp3) is 0.300. The van der Waals surface area contributed by atoms with E-state index in [2.05, 4.69) is 21.2 Å². The molecule has 0 saturated heterocycles. The van der Waals surface area contributed by atoms with Crippen molar-refractivity contribution in [3.63, 3.8) is 0 Å². The number of nitrogens with one attached hydrogen (secondary N) is 1. The van der Waals surface area contributed by atoms with Crippen LogP contribution in [0.3, 0.4) is 0 Å². The van der Waals surface area contributed by atoms with Crippen LogP contribution in [0.25, 0.3) is 0 Å². The van der Waals surface area contributed by atoms with Crippen molar-refractivity contribution in [3.8, 4) is 0 Å². The molecule has 6 heteroatoms. The number of hydrogen-bond acceptors (Lipinski definition) is 2. The van der Waals surface area contributed by atoms with E-state index in [0.717, 1.165) is 0 Å². The Balaban J connectivity index is 0.00000225. The minimum Gasteiger partial charge on any atom is -0.348 e. The maximum Gasteiger partial charge on any atom is 0.251 e. The quantitative estimate of drug-likeness (QED) is 0.898. The average Bonchev–Trinajstić information content (AvgIpc) is 2.16. The van der Waals surface area contributed by atoms with E-state index in [1.807, 2.05) is 0 Å². The van der Waals surface area contributed by atoms with Gasteiger partial charge in [0.2, 0.25) is 0 Å². The van der Waals surface area contributed by atoms with Gasteiger partial charge in [-0.25, -0.2) is 4.39 Å². The van der Waals surface area contributed by atoms with Crippen LogP contribution in [0.2, 0.25) is 0 Å². The lowest BCUT2D eigenvalue weighted by molar-refractivity contribution is 0.0940. The first-order chi connectivity index (χ1) is 7.02. The summed E-state index contributed by atoms with van der Waals surface area (Å²) in [5.41, 5.74) is 5.64. The molecule has 16 heavy (non-hydrogen) atoms. The highest BCUT2D eigenvalue weighted by atomic mass is 79.9. The van der Waals surface area contributed by atoms with Gasteiger partial charge >= 0.3 is 0 Å². The molecule has 1 aromatic rings. The lowest BCUT2D eigenvalue weighted by Gasteiger charge is -2.11. The molecule has 0 fully saturated rings. The van der Waals surface area contributed by atoms with Crippen LogP contribution in [-0.2, 0) is 0 Å². The predicted molar refractivity (Wildman–Crippen MR) is 67.3 cm³/mol. The molecular formula is C10H13BrClFN2O. The first-order valence-corrected chi connectivity index (χ1v) is 5.29. The second-order valence-corrected chi connectivity index (χ2v) is 4.18. The standard InChI is InChI=1S/C10H12BrFN2O.ClH/c1-6(5-13)14-10(15)7-2-8(11)4-9(12)3-7;/h2-4,6H,5,13H2,1H3,(H,14,15);1H/t6-;/m0./s1. The van der Waals surface area contributed by atoms with Crippen molar-refractivity contribution in [2.45, 2.75) is 13.0 Å². The SMILES string of the molecule is C[C@@H](CN)NC(=O)c1cc(F)cc(Br)c1.Cl. The second kappa shape index (κ2) is 6.83. The summed E-state index contributed by atoms with van der Waals surface area (Å²) in [7, 11) is 0. The molecule has 0 heterocycles. The molecule has 1 amide bonds. The van der Waals surface area contributed by atoms with Gasteiger partial charge in [0.1, 0.15) is 5.82 Å². The van der Waals surface area contributed by atoms with Gasteiger partial charge in [0.25, 0.3) is 5.91 Å². The normalized spacial score (nSPS) is 11.5. The molecule has 3 N–H and O–H groups in total. The van der Waals surface area contributed by atoms with Gasteiger partial charge in [0.15, 0.2) is 0 Å². The molecule has 1 aromatic carbocycles. The zero-order chi connectivity index (χ0) is 11.4. The van der Waals surface area contributed by atoms with Gasteiger partial charge in [0, 0.05) is 22.6 Å². The van der Waals surface area contributed by atoms with Crippen molar-refractivity contribution >= 4 is 34.2 Å². The van der Waals surface area contributed by atoms with Gasteiger partial charge in [0.05, 0.1) is 0 Å². The molecule has 0 aliphatic heterocycles. The van der Waals surface area contributed by atoms with E-state index in [1.54, 1.807) is 13.0 Å². The van der Waals surface area contributed by atoms with Crippen molar-refractivity contribution < 1.29 is 9.18 Å². The molecule has 1 atom stereocenters. The second-order valence-electron chi connectivity index (χ2n) is 3.27. The minimum absolute atomic E-state index is 0. The number of amides is 1. The molecule has 0 radical (unpaired) electrons. The number of nitrogens with two attached hydrogens (primary N) is 1. The molecule has 0 aromatic heterocycles. The number of rotatable bonds is 3. The van der Waals surface area contributed by atoms with Crippen molar-refractivity contribution in [3.05, 3.63) is 34.1 Å². The van der Waals surface area contributed by atoms with Gasteiger partial charge in [-0.1, -0.05) is 15.9 Å². The van der Waals surface area contributed by atoms with E-state index in [0.29, 0.717) is 11.0 Å². The zero-order valence-corrected chi connectivity index (χ0v) is 11.1. The third-order valence-corrected chi connectivity index (χ3v) is 2.31. The van der Waals surface area contributed by atoms with Crippen LogP contribution in [0, 0.1) is 5.82 Å². The van der Waals surface area contributed by atoms with E-state index >= 15 is 0 Å². The van der Waals surface area contributed by atoms with Crippen LogP contribution in [0.4, 0.5) is 4.39 Å². The Hall–Kier alpha value is -0.650. The summed E-state index contributed by atoms with van der Waals surface area (Å²) in [6.07, 6.45) is 0. The van der Waals surface area contributed by atoms with Gasteiger partial charge in [-0.15, -0.1) is 12.4 Å². The fourth-order valence-electron chi connectivity index (χ4n) is 1.05. The highest BCUT2D eigenvalue weighted by molar-refractivity contribution is 9.10. The van der Waals surface area contributed by atoms with Crippen LogP contribution in [0.1, 0.15) is 17.3 Å². The summed E-state index contributed by atoms with van der Waals surface area (Å²) in [5.74, 6) is -0.775. The summed E-state index contributed by atoms with van der Waals surface area (Å²) in [5, 5.41) is 2.65. The lowest BCUT2D eigenvalue weighted by atomic mass is 10.2. The predicted octanol–water partition coefficient (Wildman–Crippen LogP) is 2.09. The Labute approximate surface area is 108 Å². The third kappa shape index (κ3) is 4.47. The Bertz CT molecular complexity index is 356. The first-order valence-electron chi connectivity index (χ1n) is 4.50. The highest BCUT2D eigenvalue weighted by Crippen LogP contribution is 2.14. The van der Waals surface area contributed by atoms with Gasteiger partial charge in [-0.3, -0.25) is 4.79 Å². The number of hydrogen-bond donors (Lipinski definition) is 2. The molecule has 0 saturated carbocycles. The minimum atomic E-state index is -0.449. The zero-order valence-electron chi connectivity index (χ0n) is 8.67. The Kier molecular flexibility index (Phi) is 6.55. The van der Waals surface area contributed by atoms with E-state index < -0.39 is 5.82 Å². The monoisotopic (exact) mass is 310 g/mol. The Morgan fingerprint density at radius 1 is 1.56 bits per heavy atom. The van der Waals surface area contributed by atoms with Crippen molar-refractivity contribution in [2.75, 3.05) is 6.54 Å². The fourth-order valence-corrected chi connectivity index (χ4v) is 1.52. The van der Waals surface area contributed by atoms with E-state index in [4.69, 9.17) is 5.73 Å². The average molecular weight is 312 g/mol. The number of halogens is 3. The van der Waals surface area contributed by atoms with Crippen LogP contribution in [-0.4, -0.2) is 18.5 Å². The molecule has 3 nitrogen and oxygen atoms in total. The highest BCUT2D eigenvalue weighted by Gasteiger charge is 2.10. The molecule has 0 spiro atoms. The smallest absolute Gasteiger partial charge is 0.251 e. The molecule has 0 unspecified atom stereocenters. The molecule has 90 valence electrons. The largest absolute Gasteiger partial charge is 0.348 e. The van der Waals surface area contributed by atoms with Gasteiger partial charge in [-0.05, 0) is 25.1 Å². The summed E-state index contributed by atoms with van der Waals surface area (Å²) >= 11 is 3.12. The first kappa shape index (κ1) is 15.3. The van der Waals surface area contributed by atoms with Gasteiger partial charge < -0.3 is 11.1 Å². The molecule has 0 aliphatic rings. The third-order valence-electron chi connectivity index (χ3n) is 1.86. The van der Waals surface area contributed by atoms with Crippen molar-refractivity contribution in [2.24, 2.45) is 5.73 Å². The van der Waals surface area contributed by atoms with Crippen molar-refractivity contribution in [1.29, 1.82) is 0 Å². The topological polar surface area (TPSA) is 55.1 Å². The van der Waals surface area contributed by atoms with Crippen LogP contribution >= 0.6 is 28.3 Å². The maximum absolute atomic E-state index is 13.0. The Morgan fingerprint density at radius 3 is 2.69 bits per heavy atom. The summed E-state index contributed by atoms with van der Waals surface area (Å²) in [6.45, 7) is 2.13. The van der Waals surface area contributed by atoms with Crippen LogP contribution in [0.15, 0.2) is 22.7 Å². The van der Waals surface area contributed by atoms with E-state index in [1.165, 1.54) is 12.1 Å². The molecule has 1 rings (SSSR count). The number of benzene rings is 1. The summed E-state index contributed by atoms with van der Waals surface area (Å²) in [4.78, 5) is 11.6. The summed E-state index contributed by atoms with van der Waals surface area (Å²) in [6, 6.07) is 3.91. The van der Waals surface area contributed by atoms with Gasteiger partial charge in [-0.2, -0.15) is 0 Å². The molecule has 0 aliphatic carbocycles. The van der Waals surface area contributed by atoms with Crippen LogP contribution < -0.4 is 11.1 Å². The maximum atomic E-state index is 13.0. The number of carbonyl (C=O) groups excluding carboxylic acids is 1. The number of carbonyl (C=O) groups is 1. The van der Waals surface area contributed by atoms with E-state index in [9.17, 15) is 9.18 Å². The summed E-state index contributed by atoms with van der Waals surface area (Å²) < 4.78 is 13.5. The van der Waals surface area contributed by atoms with Crippen molar-refractivity contribution in [1.82, 2.24) is 5.32 Å². The lowest BCUT2D eigenvalue weighted by Crippen LogP contribution is -2.37. The Morgan fingerprint density at radius 2 is 2.19 bits per heavy atom. The molecular weight excluding hydrogens is 298 g/mol. The molecule has 0 bridgehead atoms. The van der Waals surface area contributed by atoms with Crippen LogP contribution in [0.5, 0.6) is 0 Å². The van der Waals surface area contributed by atoms with E-state index in [-0.39, 0.29) is 29.9 Å².